The molecule has 28 heavy (non-hydrogen) atoms. The number of rotatable bonds is 11. The average Bonchev–Trinajstić information content (AvgIpc) is 2.57. The van der Waals surface area contributed by atoms with Gasteiger partial charge in [-0.15, -0.1) is 0 Å². The number of ether oxygens (including phenoxy) is 2. The van der Waals surface area contributed by atoms with Crippen molar-refractivity contribution in [1.29, 1.82) is 0 Å². The summed E-state index contributed by atoms with van der Waals surface area (Å²) in [5.41, 5.74) is 0.739. The van der Waals surface area contributed by atoms with Crippen molar-refractivity contribution in [3.63, 3.8) is 0 Å². The van der Waals surface area contributed by atoms with Crippen LogP contribution in [0.4, 0.5) is 0 Å². The van der Waals surface area contributed by atoms with Gasteiger partial charge < -0.3 is 20.1 Å². The minimum absolute atomic E-state index is 0.107. The molecule has 158 valence electrons. The van der Waals surface area contributed by atoms with Crippen molar-refractivity contribution in [2.45, 2.75) is 60.5 Å². The van der Waals surface area contributed by atoms with Crippen LogP contribution in [0.1, 0.15) is 66.1 Å². The maximum atomic E-state index is 12.3. The maximum absolute atomic E-state index is 12.3. The summed E-state index contributed by atoms with van der Waals surface area (Å²) in [6.07, 6.45) is 0.164. The van der Waals surface area contributed by atoms with Gasteiger partial charge in [0.1, 0.15) is 6.17 Å². The predicted octanol–water partition coefficient (Wildman–Crippen LogP) is 4.05. The summed E-state index contributed by atoms with van der Waals surface area (Å²) >= 11 is 0. The average molecular weight is 393 g/mol. The number of hydrogen-bond donors (Lipinski definition) is 2. The second kappa shape index (κ2) is 11.6. The quantitative estimate of drug-likeness (QED) is 0.557. The Hall–Kier alpha value is -2.24. The molecule has 0 saturated heterocycles. The second-order valence-corrected chi connectivity index (χ2v) is 8.38. The summed E-state index contributed by atoms with van der Waals surface area (Å²) in [5, 5.41) is 5.85. The van der Waals surface area contributed by atoms with E-state index in [1.807, 2.05) is 39.8 Å². The monoisotopic (exact) mass is 392 g/mol. The van der Waals surface area contributed by atoms with Crippen molar-refractivity contribution in [2.75, 3.05) is 13.7 Å². The summed E-state index contributed by atoms with van der Waals surface area (Å²) in [7, 11) is 1.57. The molecule has 0 radical (unpaired) electrons. The van der Waals surface area contributed by atoms with Crippen LogP contribution in [-0.4, -0.2) is 25.5 Å². The lowest BCUT2D eigenvalue weighted by molar-refractivity contribution is -0.125. The molecule has 0 spiro atoms. The number of amides is 2. The van der Waals surface area contributed by atoms with Gasteiger partial charge in [0.15, 0.2) is 11.5 Å². The predicted molar refractivity (Wildman–Crippen MR) is 111 cm³/mol. The SMILES string of the molecule is COc1cc(C(NC(=O)CC(C)C)NC(=O)CC(C)C)ccc1OCC(C)C. The molecule has 0 unspecified atom stereocenters. The van der Waals surface area contributed by atoms with Crippen molar-refractivity contribution in [3.05, 3.63) is 23.8 Å². The van der Waals surface area contributed by atoms with Crippen LogP contribution in [0.25, 0.3) is 0 Å². The van der Waals surface area contributed by atoms with Gasteiger partial charge in [0.25, 0.3) is 0 Å². The van der Waals surface area contributed by atoms with Crippen LogP contribution < -0.4 is 20.1 Å². The summed E-state index contributed by atoms with van der Waals surface area (Å²) in [4.78, 5) is 24.6. The molecule has 0 bridgehead atoms. The first kappa shape index (κ1) is 23.8. The Bertz CT molecular complexity index is 617. The van der Waals surface area contributed by atoms with Crippen LogP contribution in [0.5, 0.6) is 11.5 Å². The van der Waals surface area contributed by atoms with Gasteiger partial charge in [-0.2, -0.15) is 0 Å². The first-order valence-corrected chi connectivity index (χ1v) is 10.0. The van der Waals surface area contributed by atoms with Gasteiger partial charge >= 0.3 is 0 Å². The number of carbonyl (C=O) groups is 2. The molecule has 6 heteroatoms. The Labute approximate surface area is 169 Å². The van der Waals surface area contributed by atoms with E-state index in [9.17, 15) is 9.59 Å². The van der Waals surface area contributed by atoms with E-state index in [0.717, 1.165) is 5.56 Å². The highest BCUT2D eigenvalue weighted by atomic mass is 16.5. The highest BCUT2D eigenvalue weighted by Gasteiger charge is 2.20. The fourth-order valence-electron chi connectivity index (χ4n) is 2.62. The van der Waals surface area contributed by atoms with Gasteiger partial charge in [0, 0.05) is 12.8 Å². The van der Waals surface area contributed by atoms with E-state index in [1.54, 1.807) is 13.2 Å². The lowest BCUT2D eigenvalue weighted by Gasteiger charge is -2.23. The maximum Gasteiger partial charge on any atom is 0.222 e. The van der Waals surface area contributed by atoms with Crippen LogP contribution >= 0.6 is 0 Å². The smallest absolute Gasteiger partial charge is 0.222 e. The molecule has 1 rings (SSSR count). The molecular formula is C22H36N2O4. The van der Waals surface area contributed by atoms with Crippen molar-refractivity contribution in [3.8, 4) is 11.5 Å². The van der Waals surface area contributed by atoms with Crippen LogP contribution in [0, 0.1) is 17.8 Å². The van der Waals surface area contributed by atoms with Gasteiger partial charge in [-0.05, 0) is 35.4 Å². The number of benzene rings is 1. The molecule has 0 aromatic heterocycles. The van der Waals surface area contributed by atoms with E-state index >= 15 is 0 Å². The van der Waals surface area contributed by atoms with Crippen LogP contribution in [-0.2, 0) is 9.59 Å². The molecule has 0 aliphatic carbocycles. The number of carbonyl (C=O) groups excluding carboxylic acids is 2. The Kier molecular flexibility index (Phi) is 9.83. The summed E-state index contributed by atoms with van der Waals surface area (Å²) in [6.45, 7) is 12.7. The Morgan fingerprint density at radius 2 is 1.39 bits per heavy atom. The van der Waals surface area contributed by atoms with Crippen LogP contribution in [0.2, 0.25) is 0 Å². The summed E-state index contributed by atoms with van der Waals surface area (Å²) in [5.74, 6) is 1.84. The van der Waals surface area contributed by atoms with Crippen molar-refractivity contribution < 1.29 is 19.1 Å². The van der Waals surface area contributed by atoms with Crippen molar-refractivity contribution in [1.82, 2.24) is 10.6 Å². The Morgan fingerprint density at radius 1 is 0.857 bits per heavy atom. The van der Waals surface area contributed by atoms with Crippen molar-refractivity contribution >= 4 is 11.8 Å². The van der Waals surface area contributed by atoms with Gasteiger partial charge in [0.05, 0.1) is 13.7 Å². The molecular weight excluding hydrogens is 356 g/mol. The van der Waals surface area contributed by atoms with Gasteiger partial charge in [-0.1, -0.05) is 47.6 Å². The van der Waals surface area contributed by atoms with Gasteiger partial charge in [-0.25, -0.2) is 0 Å². The topological polar surface area (TPSA) is 76.7 Å². The molecule has 1 aromatic rings. The minimum atomic E-state index is -0.620. The zero-order valence-electron chi connectivity index (χ0n) is 18.3. The van der Waals surface area contributed by atoms with E-state index in [4.69, 9.17) is 9.47 Å². The Morgan fingerprint density at radius 3 is 1.82 bits per heavy atom. The lowest BCUT2D eigenvalue weighted by atomic mass is 10.1. The zero-order valence-corrected chi connectivity index (χ0v) is 18.3. The largest absolute Gasteiger partial charge is 0.493 e. The third-order valence-electron chi connectivity index (χ3n) is 3.89. The Balaban J connectivity index is 3.06. The second-order valence-electron chi connectivity index (χ2n) is 8.38. The molecule has 0 saturated carbocycles. The van der Waals surface area contributed by atoms with E-state index in [-0.39, 0.29) is 23.7 Å². The number of hydrogen-bond acceptors (Lipinski definition) is 4. The third-order valence-corrected chi connectivity index (χ3v) is 3.89. The van der Waals surface area contributed by atoms with Crippen LogP contribution in [0.3, 0.4) is 0 Å². The highest BCUT2D eigenvalue weighted by Crippen LogP contribution is 2.30. The molecule has 0 aliphatic heterocycles. The highest BCUT2D eigenvalue weighted by molar-refractivity contribution is 5.79. The lowest BCUT2D eigenvalue weighted by Crippen LogP contribution is -2.41. The molecule has 1 aromatic carbocycles. The summed E-state index contributed by atoms with van der Waals surface area (Å²) < 4.78 is 11.2. The minimum Gasteiger partial charge on any atom is -0.493 e. The number of nitrogens with one attached hydrogen (secondary N) is 2. The molecule has 2 amide bonds. The molecule has 2 N–H and O–H groups in total. The molecule has 0 fully saturated rings. The standard InChI is InChI=1S/C22H36N2O4/c1-14(2)10-20(25)23-22(24-21(26)11-15(3)4)17-8-9-18(19(12-17)27-7)28-13-16(5)6/h8-9,12,14-16,22H,10-11,13H2,1-7H3,(H,23,25)(H,24,26). The number of methoxy groups -OCH3 is 1. The van der Waals surface area contributed by atoms with Crippen molar-refractivity contribution in [2.24, 2.45) is 17.8 Å². The fraction of sp³-hybridized carbons (Fsp3) is 0.636. The van der Waals surface area contributed by atoms with E-state index < -0.39 is 6.17 Å². The van der Waals surface area contributed by atoms with E-state index in [0.29, 0.717) is 36.9 Å². The fourth-order valence-corrected chi connectivity index (χ4v) is 2.62. The first-order valence-electron chi connectivity index (χ1n) is 10.0. The van der Waals surface area contributed by atoms with E-state index in [1.165, 1.54) is 0 Å². The molecule has 6 nitrogen and oxygen atoms in total. The third kappa shape index (κ3) is 8.63. The van der Waals surface area contributed by atoms with E-state index in [2.05, 4.69) is 24.5 Å². The van der Waals surface area contributed by atoms with Crippen LogP contribution in [0.15, 0.2) is 18.2 Å². The molecule has 0 heterocycles. The zero-order chi connectivity index (χ0) is 21.3. The molecule has 0 aliphatic rings. The molecule has 0 atom stereocenters. The van der Waals surface area contributed by atoms with Gasteiger partial charge in [-0.3, -0.25) is 9.59 Å². The normalized spacial score (nSPS) is 11.2. The van der Waals surface area contributed by atoms with Gasteiger partial charge in [0.2, 0.25) is 11.8 Å². The summed E-state index contributed by atoms with van der Waals surface area (Å²) in [6, 6.07) is 5.45. The first-order chi connectivity index (χ1) is 13.1.